The number of hydrogen-bond donors (Lipinski definition) is 1. The second-order valence-corrected chi connectivity index (χ2v) is 4.28. The van der Waals surface area contributed by atoms with E-state index in [1.54, 1.807) is 0 Å². The quantitative estimate of drug-likeness (QED) is 0.705. The fraction of sp³-hybridized carbons (Fsp3) is 0.556. The van der Waals surface area contributed by atoms with Crippen molar-refractivity contribution in [1.29, 1.82) is 0 Å². The van der Waals surface area contributed by atoms with Gasteiger partial charge >= 0.3 is 0 Å². The summed E-state index contributed by atoms with van der Waals surface area (Å²) in [4.78, 5) is 2.90. The van der Waals surface area contributed by atoms with Crippen molar-refractivity contribution in [3.8, 4) is 0 Å². The highest BCUT2D eigenvalue weighted by Gasteiger charge is 2.10. The summed E-state index contributed by atoms with van der Waals surface area (Å²) in [6.07, 6.45) is 1.14. The normalized spacial score (nSPS) is 11.0. The van der Waals surface area contributed by atoms with Crippen molar-refractivity contribution in [1.82, 2.24) is 0 Å². The van der Waals surface area contributed by atoms with Gasteiger partial charge in [0.25, 0.3) is 0 Å². The molecule has 0 saturated heterocycles. The van der Waals surface area contributed by atoms with Crippen LogP contribution in [0.1, 0.15) is 36.4 Å². The Morgan fingerprint density at radius 2 is 2.18 bits per heavy atom. The Morgan fingerprint density at radius 1 is 1.55 bits per heavy atom. The van der Waals surface area contributed by atoms with E-state index in [2.05, 4.69) is 32.6 Å². The van der Waals surface area contributed by atoms with Crippen LogP contribution in [-0.2, 0) is 6.42 Å². The Bertz CT molecular complexity index is 238. The van der Waals surface area contributed by atoms with Crippen LogP contribution in [0.25, 0.3) is 0 Å². The molecule has 0 unspecified atom stereocenters. The largest absolute Gasteiger partial charge is 0.324 e. The second kappa shape index (κ2) is 3.37. The molecule has 2 heteroatoms. The zero-order chi connectivity index (χ0) is 8.43. The fourth-order valence-electron chi connectivity index (χ4n) is 1.16. The molecule has 0 aromatic carbocycles. The van der Waals surface area contributed by atoms with E-state index in [0.29, 0.717) is 5.92 Å². The minimum atomic E-state index is 0.632. The van der Waals surface area contributed by atoms with Gasteiger partial charge in [0.1, 0.15) is 5.69 Å². The Labute approximate surface area is 72.2 Å². The lowest BCUT2D eigenvalue weighted by Gasteiger charge is -1.97. The topological polar surface area (TPSA) is 27.6 Å². The standard InChI is InChI=1S/C9H15NS/c1-4-7-5-8(10)9(11-7)6(2)3/h5-6H,4,10H2,1-3H3/p+1. The molecule has 0 aliphatic carbocycles. The van der Waals surface area contributed by atoms with Gasteiger partial charge in [-0.1, -0.05) is 20.8 Å². The van der Waals surface area contributed by atoms with Crippen LogP contribution in [0.5, 0.6) is 0 Å². The van der Waals surface area contributed by atoms with Crippen molar-refractivity contribution in [2.45, 2.75) is 33.1 Å². The molecule has 0 aliphatic heterocycles. The summed E-state index contributed by atoms with van der Waals surface area (Å²) in [6.45, 7) is 6.63. The molecule has 0 aliphatic rings. The van der Waals surface area contributed by atoms with E-state index >= 15 is 0 Å². The number of quaternary nitrogens is 1. The Morgan fingerprint density at radius 3 is 2.45 bits per heavy atom. The van der Waals surface area contributed by atoms with Gasteiger partial charge in [-0.25, -0.2) is 0 Å². The molecule has 0 atom stereocenters. The first-order valence-corrected chi connectivity index (χ1v) is 4.91. The van der Waals surface area contributed by atoms with Gasteiger partial charge in [-0.05, 0) is 12.3 Å². The molecule has 1 aromatic heterocycles. The molecule has 11 heavy (non-hydrogen) atoms. The first-order chi connectivity index (χ1) is 5.15. The molecule has 0 radical (unpaired) electrons. The first kappa shape index (κ1) is 8.75. The van der Waals surface area contributed by atoms with Crippen LogP contribution < -0.4 is 5.73 Å². The number of hydrogen-bond acceptors (Lipinski definition) is 1. The lowest BCUT2D eigenvalue weighted by Crippen LogP contribution is -2.40. The number of thiophene rings is 1. The maximum atomic E-state index is 4.02. The summed E-state index contributed by atoms with van der Waals surface area (Å²) in [5, 5.41) is 0. The zero-order valence-electron chi connectivity index (χ0n) is 7.48. The van der Waals surface area contributed by atoms with E-state index in [4.69, 9.17) is 0 Å². The smallest absolute Gasteiger partial charge is 0.142 e. The van der Waals surface area contributed by atoms with Crippen molar-refractivity contribution in [2.24, 2.45) is 0 Å². The third-order valence-electron chi connectivity index (χ3n) is 1.77. The van der Waals surface area contributed by atoms with Gasteiger partial charge in [0.15, 0.2) is 0 Å². The fourth-order valence-corrected chi connectivity index (χ4v) is 2.22. The molecule has 0 amide bonds. The summed E-state index contributed by atoms with van der Waals surface area (Å²) < 4.78 is 0. The van der Waals surface area contributed by atoms with Gasteiger partial charge in [0.05, 0.1) is 4.88 Å². The monoisotopic (exact) mass is 170 g/mol. The summed E-state index contributed by atoms with van der Waals surface area (Å²) >= 11 is 1.91. The van der Waals surface area contributed by atoms with E-state index in [-0.39, 0.29) is 0 Å². The lowest BCUT2D eigenvalue weighted by molar-refractivity contribution is -0.255. The third-order valence-corrected chi connectivity index (χ3v) is 3.39. The SMILES string of the molecule is CCc1cc([NH3+])c(C(C)C)s1. The predicted molar refractivity (Wildman–Crippen MR) is 50.3 cm³/mol. The van der Waals surface area contributed by atoms with Crippen LogP contribution in [0.3, 0.4) is 0 Å². The molecule has 1 rings (SSSR count). The van der Waals surface area contributed by atoms with E-state index in [9.17, 15) is 0 Å². The van der Waals surface area contributed by atoms with Crippen LogP contribution >= 0.6 is 11.3 Å². The average molecular weight is 170 g/mol. The maximum absolute atomic E-state index is 4.02. The van der Waals surface area contributed by atoms with Gasteiger partial charge in [-0.2, -0.15) is 0 Å². The molecule has 0 fully saturated rings. The molecule has 1 heterocycles. The predicted octanol–water partition coefficient (Wildman–Crippen LogP) is 2.31. The molecular formula is C9H16NS+. The average Bonchev–Trinajstić information content (AvgIpc) is 2.30. The number of rotatable bonds is 2. The second-order valence-electron chi connectivity index (χ2n) is 3.11. The van der Waals surface area contributed by atoms with Crippen LogP contribution in [0.15, 0.2) is 6.07 Å². The highest BCUT2D eigenvalue weighted by Crippen LogP contribution is 2.30. The van der Waals surface area contributed by atoms with E-state index in [1.165, 1.54) is 15.4 Å². The van der Waals surface area contributed by atoms with Crippen LogP contribution in [0, 0.1) is 0 Å². The Kier molecular flexibility index (Phi) is 2.68. The Balaban J connectivity index is 2.97. The van der Waals surface area contributed by atoms with Crippen molar-refractivity contribution < 1.29 is 5.73 Å². The van der Waals surface area contributed by atoms with Gasteiger partial charge in [-0.3, -0.25) is 0 Å². The van der Waals surface area contributed by atoms with Crippen molar-refractivity contribution in [3.63, 3.8) is 0 Å². The van der Waals surface area contributed by atoms with Gasteiger partial charge < -0.3 is 5.73 Å². The zero-order valence-corrected chi connectivity index (χ0v) is 8.29. The van der Waals surface area contributed by atoms with Crippen molar-refractivity contribution >= 4 is 17.0 Å². The number of aryl methyl sites for hydroxylation is 1. The highest BCUT2D eigenvalue weighted by atomic mass is 32.1. The van der Waals surface area contributed by atoms with Crippen molar-refractivity contribution in [2.75, 3.05) is 0 Å². The summed E-state index contributed by atoms with van der Waals surface area (Å²) in [5.74, 6) is 0.632. The third kappa shape index (κ3) is 1.82. The molecule has 0 bridgehead atoms. The molecule has 1 nitrogen and oxygen atoms in total. The molecule has 3 N–H and O–H groups in total. The highest BCUT2D eigenvalue weighted by molar-refractivity contribution is 7.12. The first-order valence-electron chi connectivity index (χ1n) is 4.09. The molecule has 62 valence electrons. The van der Waals surface area contributed by atoms with Crippen LogP contribution in [0.2, 0.25) is 0 Å². The van der Waals surface area contributed by atoms with Crippen molar-refractivity contribution in [3.05, 3.63) is 15.8 Å². The lowest BCUT2D eigenvalue weighted by atomic mass is 10.1. The van der Waals surface area contributed by atoms with E-state index in [1.807, 2.05) is 11.3 Å². The molecular weight excluding hydrogens is 154 g/mol. The van der Waals surface area contributed by atoms with Crippen LogP contribution in [-0.4, -0.2) is 0 Å². The molecule has 0 spiro atoms. The minimum absolute atomic E-state index is 0.632. The van der Waals surface area contributed by atoms with Gasteiger partial charge in [0.2, 0.25) is 0 Å². The summed E-state index contributed by atoms with van der Waals surface area (Å²) in [5.41, 5.74) is 5.24. The summed E-state index contributed by atoms with van der Waals surface area (Å²) in [7, 11) is 0. The van der Waals surface area contributed by atoms with Crippen LogP contribution in [0.4, 0.5) is 5.69 Å². The van der Waals surface area contributed by atoms with Gasteiger partial charge in [-0.15, -0.1) is 11.3 Å². The summed E-state index contributed by atoms with van der Waals surface area (Å²) in [6, 6.07) is 2.21. The van der Waals surface area contributed by atoms with Gasteiger partial charge in [0, 0.05) is 10.9 Å². The van der Waals surface area contributed by atoms with E-state index < -0.39 is 0 Å². The molecule has 0 saturated carbocycles. The van der Waals surface area contributed by atoms with E-state index in [0.717, 1.165) is 6.42 Å². The maximum Gasteiger partial charge on any atom is 0.142 e. The minimum Gasteiger partial charge on any atom is -0.324 e. The Hall–Kier alpha value is -0.340. The molecule has 1 aromatic rings.